The molecule has 208 valence electrons. The molecule has 0 aliphatic carbocycles. The summed E-state index contributed by atoms with van der Waals surface area (Å²) in [5.74, 6) is -1.91. The average molecular weight is 545 g/mol. The van der Waals surface area contributed by atoms with Gasteiger partial charge in [-0.3, -0.25) is 9.69 Å². The van der Waals surface area contributed by atoms with E-state index in [0.29, 0.717) is 43.6 Å². The van der Waals surface area contributed by atoms with Crippen LogP contribution in [-0.2, 0) is 22.6 Å². The molecule has 1 saturated heterocycles. The summed E-state index contributed by atoms with van der Waals surface area (Å²) in [6, 6.07) is 11.4. The molecular formula is C28H31F3N4O4. The smallest absolute Gasteiger partial charge is 0.322 e. The Kier molecular flexibility index (Phi) is 9.98. The van der Waals surface area contributed by atoms with Crippen LogP contribution < -0.4 is 5.32 Å². The minimum absolute atomic E-state index is 0.138. The normalized spacial score (nSPS) is 13.7. The quantitative estimate of drug-likeness (QED) is 0.385. The molecule has 1 fully saturated rings. The fourth-order valence-electron chi connectivity index (χ4n) is 4.24. The molecule has 2 heterocycles. The molecule has 3 amide bonds. The number of amides is 3. The topological polar surface area (TPSA) is 78.3 Å². The first-order valence-corrected chi connectivity index (χ1v) is 12.7. The van der Waals surface area contributed by atoms with Crippen LogP contribution in [0.2, 0.25) is 0 Å². The summed E-state index contributed by atoms with van der Waals surface area (Å²) < 4.78 is 51.8. The summed E-state index contributed by atoms with van der Waals surface area (Å²) in [4.78, 5) is 31.7. The Labute approximate surface area is 224 Å². The van der Waals surface area contributed by atoms with Gasteiger partial charge in [-0.15, -0.1) is 0 Å². The number of carbonyl (C=O) groups is 2. The van der Waals surface area contributed by atoms with Crippen molar-refractivity contribution in [2.45, 2.75) is 19.5 Å². The summed E-state index contributed by atoms with van der Waals surface area (Å²) in [7, 11) is 0. The largest absolute Gasteiger partial charge is 0.467 e. The monoisotopic (exact) mass is 544 g/mol. The Hall–Kier alpha value is -3.83. The summed E-state index contributed by atoms with van der Waals surface area (Å²) in [6.07, 6.45) is 2.07. The maximum absolute atomic E-state index is 14.2. The van der Waals surface area contributed by atoms with Gasteiger partial charge in [-0.1, -0.05) is 12.1 Å². The van der Waals surface area contributed by atoms with Gasteiger partial charge in [0.2, 0.25) is 5.91 Å². The second-order valence-electron chi connectivity index (χ2n) is 9.24. The minimum atomic E-state index is -0.918. The van der Waals surface area contributed by atoms with Crippen molar-refractivity contribution < 1.29 is 31.9 Å². The molecule has 0 saturated carbocycles. The van der Waals surface area contributed by atoms with E-state index in [-0.39, 0.29) is 43.6 Å². The minimum Gasteiger partial charge on any atom is -0.467 e. The van der Waals surface area contributed by atoms with Crippen LogP contribution in [0.15, 0.2) is 65.3 Å². The van der Waals surface area contributed by atoms with Gasteiger partial charge in [0.05, 0.1) is 31.7 Å². The van der Waals surface area contributed by atoms with Gasteiger partial charge in [0, 0.05) is 38.8 Å². The van der Waals surface area contributed by atoms with Crippen molar-refractivity contribution >= 4 is 17.6 Å². The second kappa shape index (κ2) is 13.8. The number of nitrogens with zero attached hydrogens (tertiary/aromatic N) is 3. The first-order chi connectivity index (χ1) is 18.9. The highest BCUT2D eigenvalue weighted by Crippen LogP contribution is 2.17. The number of ether oxygens (including phenoxy) is 1. The number of carbonyl (C=O) groups excluding carboxylic acids is 2. The van der Waals surface area contributed by atoms with Gasteiger partial charge in [0.15, 0.2) is 0 Å². The van der Waals surface area contributed by atoms with Crippen LogP contribution in [-0.4, -0.2) is 72.6 Å². The summed E-state index contributed by atoms with van der Waals surface area (Å²) in [6.45, 7) is 3.76. The van der Waals surface area contributed by atoms with Crippen molar-refractivity contribution in [2.24, 2.45) is 0 Å². The zero-order chi connectivity index (χ0) is 27.6. The van der Waals surface area contributed by atoms with Crippen molar-refractivity contribution in [1.82, 2.24) is 14.7 Å². The van der Waals surface area contributed by atoms with E-state index in [1.807, 2.05) is 0 Å². The van der Waals surface area contributed by atoms with E-state index >= 15 is 0 Å². The molecule has 8 nitrogen and oxygen atoms in total. The number of hydrogen-bond acceptors (Lipinski definition) is 5. The van der Waals surface area contributed by atoms with Crippen LogP contribution in [0.1, 0.15) is 17.7 Å². The van der Waals surface area contributed by atoms with Gasteiger partial charge < -0.3 is 24.3 Å². The average Bonchev–Trinajstić information content (AvgIpc) is 3.44. The zero-order valence-electron chi connectivity index (χ0n) is 21.5. The van der Waals surface area contributed by atoms with Gasteiger partial charge in [-0.25, -0.2) is 18.0 Å². The Morgan fingerprint density at radius 2 is 1.67 bits per heavy atom. The van der Waals surface area contributed by atoms with E-state index in [2.05, 4.69) is 10.2 Å². The van der Waals surface area contributed by atoms with Crippen LogP contribution in [0.3, 0.4) is 0 Å². The molecule has 39 heavy (non-hydrogen) atoms. The Balaban J connectivity index is 1.48. The van der Waals surface area contributed by atoms with E-state index in [0.717, 1.165) is 25.2 Å². The Bertz CT molecular complexity index is 1220. The number of halogens is 3. The SMILES string of the molecule is O=C(CN(CCCN1CCOCC1)C(=O)Nc1ccc(F)cc1F)N(Cc1ccc(F)cc1)Cc1ccco1. The highest BCUT2D eigenvalue weighted by molar-refractivity contribution is 5.92. The molecule has 1 N–H and O–H groups in total. The van der Waals surface area contributed by atoms with Gasteiger partial charge in [-0.05, 0) is 48.4 Å². The zero-order valence-corrected chi connectivity index (χ0v) is 21.5. The summed E-state index contributed by atoms with van der Waals surface area (Å²) in [5.41, 5.74) is 0.513. The third kappa shape index (κ3) is 8.59. The highest BCUT2D eigenvalue weighted by Gasteiger charge is 2.24. The van der Waals surface area contributed by atoms with Crippen molar-refractivity contribution in [1.29, 1.82) is 0 Å². The van der Waals surface area contributed by atoms with Gasteiger partial charge >= 0.3 is 6.03 Å². The van der Waals surface area contributed by atoms with Gasteiger partial charge in [0.25, 0.3) is 0 Å². The Morgan fingerprint density at radius 1 is 0.923 bits per heavy atom. The molecule has 0 spiro atoms. The van der Waals surface area contributed by atoms with E-state index < -0.39 is 17.7 Å². The second-order valence-corrected chi connectivity index (χ2v) is 9.24. The lowest BCUT2D eigenvalue weighted by molar-refractivity contribution is -0.133. The molecule has 1 aliphatic heterocycles. The third-order valence-electron chi connectivity index (χ3n) is 6.36. The van der Waals surface area contributed by atoms with E-state index in [4.69, 9.17) is 9.15 Å². The predicted molar refractivity (Wildman–Crippen MR) is 138 cm³/mol. The van der Waals surface area contributed by atoms with Crippen molar-refractivity contribution in [3.63, 3.8) is 0 Å². The lowest BCUT2D eigenvalue weighted by atomic mass is 10.2. The maximum atomic E-state index is 14.2. The van der Waals surface area contributed by atoms with E-state index in [9.17, 15) is 22.8 Å². The summed E-state index contributed by atoms with van der Waals surface area (Å²) in [5, 5.41) is 2.45. The molecule has 0 bridgehead atoms. The number of nitrogens with one attached hydrogen (secondary N) is 1. The molecule has 2 aromatic carbocycles. The standard InChI is InChI=1S/C28H31F3N4O4/c29-22-6-4-21(5-7-22)18-35(19-24-3-1-14-39-24)27(36)20-34(11-2-10-33-12-15-38-16-13-33)28(37)32-26-9-8-23(30)17-25(26)31/h1,3-9,14,17H,2,10-13,15-16,18-20H2,(H,32,37). The van der Waals surface area contributed by atoms with Crippen LogP contribution >= 0.6 is 0 Å². The lowest BCUT2D eigenvalue weighted by Gasteiger charge is -2.30. The number of furan rings is 1. The molecule has 1 aromatic heterocycles. The predicted octanol–water partition coefficient (Wildman–Crippen LogP) is 4.48. The fourth-order valence-corrected chi connectivity index (χ4v) is 4.24. The van der Waals surface area contributed by atoms with Crippen LogP contribution in [0.5, 0.6) is 0 Å². The third-order valence-corrected chi connectivity index (χ3v) is 6.36. The highest BCUT2D eigenvalue weighted by atomic mass is 19.1. The lowest BCUT2D eigenvalue weighted by Crippen LogP contribution is -2.45. The maximum Gasteiger partial charge on any atom is 0.322 e. The molecule has 1 aliphatic rings. The van der Waals surface area contributed by atoms with E-state index in [1.54, 1.807) is 24.3 Å². The number of anilines is 1. The number of benzene rings is 2. The van der Waals surface area contributed by atoms with Gasteiger partial charge in [-0.2, -0.15) is 0 Å². The molecule has 4 rings (SSSR count). The van der Waals surface area contributed by atoms with Crippen LogP contribution in [0.25, 0.3) is 0 Å². The molecule has 3 aromatic rings. The molecule has 0 unspecified atom stereocenters. The first-order valence-electron chi connectivity index (χ1n) is 12.7. The van der Waals surface area contributed by atoms with Crippen molar-refractivity contribution in [2.75, 3.05) is 51.3 Å². The van der Waals surface area contributed by atoms with Crippen molar-refractivity contribution in [3.05, 3.63) is 89.6 Å². The Morgan fingerprint density at radius 3 is 2.36 bits per heavy atom. The van der Waals surface area contributed by atoms with E-state index in [1.165, 1.54) is 28.2 Å². The number of urea groups is 1. The first kappa shape index (κ1) is 28.2. The number of rotatable bonds is 11. The van der Waals surface area contributed by atoms with Crippen LogP contribution in [0.4, 0.5) is 23.7 Å². The fraction of sp³-hybridized carbons (Fsp3) is 0.357. The molecule has 0 atom stereocenters. The molecule has 11 heteroatoms. The summed E-state index contributed by atoms with van der Waals surface area (Å²) >= 11 is 0. The van der Waals surface area contributed by atoms with Crippen molar-refractivity contribution in [3.8, 4) is 0 Å². The number of hydrogen-bond donors (Lipinski definition) is 1. The van der Waals surface area contributed by atoms with Gasteiger partial charge in [0.1, 0.15) is 29.8 Å². The molecular weight excluding hydrogens is 513 g/mol. The van der Waals surface area contributed by atoms with Crippen LogP contribution in [0, 0.1) is 17.5 Å². The molecule has 0 radical (unpaired) electrons. The number of morpholine rings is 1.